The van der Waals surface area contributed by atoms with Gasteiger partial charge in [-0.05, 0) is 25.0 Å². The van der Waals surface area contributed by atoms with Gasteiger partial charge in [-0.25, -0.2) is 17.2 Å². The lowest BCUT2D eigenvalue weighted by Crippen LogP contribution is -2.44. The van der Waals surface area contributed by atoms with E-state index in [4.69, 9.17) is 9.47 Å². The van der Waals surface area contributed by atoms with E-state index < -0.39 is 32.7 Å². The highest BCUT2D eigenvalue weighted by Gasteiger charge is 2.33. The molecule has 1 fully saturated rings. The van der Waals surface area contributed by atoms with Crippen LogP contribution in [0.2, 0.25) is 0 Å². The number of hydrogen-bond acceptors (Lipinski definition) is 6. The van der Waals surface area contributed by atoms with Crippen LogP contribution in [0.3, 0.4) is 0 Å². The summed E-state index contributed by atoms with van der Waals surface area (Å²) in [6, 6.07) is 5.55. The number of aromatic nitrogens is 2. The number of piperidine rings is 1. The van der Waals surface area contributed by atoms with Gasteiger partial charge in [-0.1, -0.05) is 0 Å². The molecule has 10 heteroatoms. The Morgan fingerprint density at radius 2 is 1.88 bits per heavy atom. The fourth-order valence-electron chi connectivity index (χ4n) is 2.69. The largest absolute Gasteiger partial charge is 0.480 e. The number of benzene rings is 1. The Hall–Kier alpha value is -2.33. The van der Waals surface area contributed by atoms with E-state index in [-0.39, 0.29) is 19.0 Å². The molecule has 0 amide bonds. The summed E-state index contributed by atoms with van der Waals surface area (Å²) < 4.78 is 64.0. The monoisotopic (exact) mass is 385 g/mol. The maximum Gasteiger partial charge on any atom is 0.246 e. The second kappa shape index (κ2) is 7.50. The summed E-state index contributed by atoms with van der Waals surface area (Å²) in [6.45, 7) is 0.264. The van der Waals surface area contributed by atoms with Gasteiger partial charge in [0.2, 0.25) is 21.8 Å². The quantitative estimate of drug-likeness (QED) is 0.783. The summed E-state index contributed by atoms with van der Waals surface area (Å²) in [6.07, 6.45) is 0.701. The minimum atomic E-state index is -4.09. The van der Waals surface area contributed by atoms with Crippen molar-refractivity contribution >= 4 is 10.0 Å². The van der Waals surface area contributed by atoms with Crippen LogP contribution in [0.15, 0.2) is 35.2 Å². The van der Waals surface area contributed by atoms with Gasteiger partial charge in [0.05, 0.1) is 13.7 Å². The van der Waals surface area contributed by atoms with Crippen LogP contribution in [0.5, 0.6) is 11.8 Å². The van der Waals surface area contributed by atoms with Crippen molar-refractivity contribution in [3.8, 4) is 11.8 Å². The minimum absolute atomic E-state index is 0.0346. The van der Waals surface area contributed by atoms with Gasteiger partial charge in [0.25, 0.3) is 0 Å². The van der Waals surface area contributed by atoms with E-state index in [9.17, 15) is 17.2 Å². The third kappa shape index (κ3) is 3.91. The van der Waals surface area contributed by atoms with Crippen LogP contribution < -0.4 is 9.47 Å². The molecule has 1 unspecified atom stereocenters. The predicted octanol–water partition coefficient (Wildman–Crippen LogP) is 2.00. The number of hydrogen-bond donors (Lipinski definition) is 0. The lowest BCUT2D eigenvalue weighted by Gasteiger charge is -2.31. The topological polar surface area (TPSA) is 81.6 Å². The standard InChI is InChI=1S/C16H17F2N3O4S/c1-24-15-6-7-16(20-19-15)25-12-3-2-8-21(10-12)26(22,23)14-5-4-11(17)9-13(14)18/h4-7,9,12H,2-3,8,10H2,1H3. The molecule has 3 rings (SSSR count). The van der Waals surface area contributed by atoms with Crippen molar-refractivity contribution in [2.24, 2.45) is 0 Å². The Balaban J connectivity index is 1.74. The van der Waals surface area contributed by atoms with E-state index in [1.54, 1.807) is 12.1 Å². The molecule has 1 aliphatic rings. The fraction of sp³-hybridized carbons (Fsp3) is 0.375. The summed E-state index contributed by atoms with van der Waals surface area (Å²) in [4.78, 5) is -0.552. The molecule has 1 aromatic carbocycles. The molecule has 7 nitrogen and oxygen atoms in total. The summed E-state index contributed by atoms with van der Waals surface area (Å²) in [5, 5.41) is 7.63. The van der Waals surface area contributed by atoms with Gasteiger partial charge < -0.3 is 9.47 Å². The number of methoxy groups -OCH3 is 1. The highest BCUT2D eigenvalue weighted by Crippen LogP contribution is 2.25. The molecular weight excluding hydrogens is 368 g/mol. The number of sulfonamides is 1. The first kappa shape index (κ1) is 18.5. The lowest BCUT2D eigenvalue weighted by molar-refractivity contribution is 0.123. The first-order valence-corrected chi connectivity index (χ1v) is 9.34. The van der Waals surface area contributed by atoms with Crippen LogP contribution in [0.1, 0.15) is 12.8 Å². The van der Waals surface area contributed by atoms with E-state index in [1.807, 2.05) is 0 Å². The normalized spacial score (nSPS) is 18.5. The van der Waals surface area contributed by atoms with Crippen molar-refractivity contribution in [3.63, 3.8) is 0 Å². The first-order valence-electron chi connectivity index (χ1n) is 7.90. The lowest BCUT2D eigenvalue weighted by atomic mass is 10.1. The molecule has 26 heavy (non-hydrogen) atoms. The summed E-state index contributed by atoms with van der Waals surface area (Å²) in [5.41, 5.74) is 0. The van der Waals surface area contributed by atoms with Crippen molar-refractivity contribution in [1.29, 1.82) is 0 Å². The Bertz CT molecular complexity index is 878. The highest BCUT2D eigenvalue weighted by atomic mass is 32.2. The van der Waals surface area contributed by atoms with Gasteiger partial charge >= 0.3 is 0 Å². The fourth-order valence-corrected chi connectivity index (χ4v) is 4.25. The maximum absolute atomic E-state index is 13.9. The van der Waals surface area contributed by atoms with E-state index in [0.717, 1.165) is 16.4 Å². The Labute approximate surface area is 149 Å². The summed E-state index contributed by atoms with van der Waals surface area (Å²) in [5.74, 6) is -1.38. The molecule has 0 bridgehead atoms. The zero-order chi connectivity index (χ0) is 18.7. The molecule has 140 valence electrons. The second-order valence-corrected chi connectivity index (χ2v) is 7.64. The number of nitrogens with zero attached hydrogens (tertiary/aromatic N) is 3. The zero-order valence-corrected chi connectivity index (χ0v) is 14.7. The van der Waals surface area contributed by atoms with Gasteiger partial charge in [0.15, 0.2) is 0 Å². The molecule has 0 radical (unpaired) electrons. The molecule has 1 aliphatic heterocycles. The Morgan fingerprint density at radius 1 is 1.15 bits per heavy atom. The first-order chi connectivity index (χ1) is 12.4. The van der Waals surface area contributed by atoms with Crippen LogP contribution in [0.25, 0.3) is 0 Å². The molecule has 1 saturated heterocycles. The molecule has 0 N–H and O–H groups in total. The molecular formula is C16H17F2N3O4S. The molecule has 2 heterocycles. The number of ether oxygens (including phenoxy) is 2. The second-order valence-electron chi connectivity index (χ2n) is 5.73. The van der Waals surface area contributed by atoms with Gasteiger partial charge in [-0.15, -0.1) is 10.2 Å². The third-order valence-corrected chi connectivity index (χ3v) is 5.86. The van der Waals surface area contributed by atoms with E-state index >= 15 is 0 Å². The van der Waals surface area contributed by atoms with Crippen LogP contribution in [-0.4, -0.2) is 49.2 Å². The Morgan fingerprint density at radius 3 is 2.54 bits per heavy atom. The zero-order valence-electron chi connectivity index (χ0n) is 13.9. The van der Waals surface area contributed by atoms with E-state index in [1.165, 1.54) is 7.11 Å². The van der Waals surface area contributed by atoms with Crippen LogP contribution in [-0.2, 0) is 10.0 Å². The maximum atomic E-state index is 13.9. The molecule has 0 spiro atoms. The summed E-state index contributed by atoms with van der Waals surface area (Å²) >= 11 is 0. The van der Waals surface area contributed by atoms with E-state index in [2.05, 4.69) is 10.2 Å². The van der Waals surface area contributed by atoms with Crippen LogP contribution in [0, 0.1) is 11.6 Å². The van der Waals surface area contributed by atoms with Crippen molar-refractivity contribution in [3.05, 3.63) is 42.0 Å². The molecule has 0 aliphatic carbocycles. The molecule has 0 saturated carbocycles. The summed E-state index contributed by atoms with van der Waals surface area (Å²) in [7, 11) is -2.63. The van der Waals surface area contributed by atoms with Gasteiger partial charge in [-0.2, -0.15) is 4.31 Å². The van der Waals surface area contributed by atoms with Crippen molar-refractivity contribution in [2.45, 2.75) is 23.8 Å². The predicted molar refractivity (Wildman–Crippen MR) is 87.4 cm³/mol. The highest BCUT2D eigenvalue weighted by molar-refractivity contribution is 7.89. The number of rotatable bonds is 5. The van der Waals surface area contributed by atoms with Crippen molar-refractivity contribution < 1.29 is 26.7 Å². The third-order valence-electron chi connectivity index (χ3n) is 3.96. The van der Waals surface area contributed by atoms with Crippen molar-refractivity contribution in [2.75, 3.05) is 20.2 Å². The SMILES string of the molecule is COc1ccc(OC2CCCN(S(=O)(=O)c3ccc(F)cc3F)C2)nn1. The van der Waals surface area contributed by atoms with Gasteiger partial charge in [0, 0.05) is 24.7 Å². The van der Waals surface area contributed by atoms with Gasteiger partial charge in [-0.3, -0.25) is 0 Å². The molecule has 1 aromatic heterocycles. The van der Waals surface area contributed by atoms with E-state index in [0.29, 0.717) is 24.8 Å². The molecule has 2 aromatic rings. The number of halogens is 2. The Kier molecular flexibility index (Phi) is 5.33. The van der Waals surface area contributed by atoms with Crippen LogP contribution >= 0.6 is 0 Å². The minimum Gasteiger partial charge on any atom is -0.480 e. The molecule has 1 atom stereocenters. The van der Waals surface area contributed by atoms with Crippen LogP contribution in [0.4, 0.5) is 8.78 Å². The van der Waals surface area contributed by atoms with Gasteiger partial charge in [0.1, 0.15) is 22.6 Å². The average molecular weight is 385 g/mol. The average Bonchev–Trinajstić information content (AvgIpc) is 2.62. The smallest absolute Gasteiger partial charge is 0.246 e. The van der Waals surface area contributed by atoms with Crippen molar-refractivity contribution in [1.82, 2.24) is 14.5 Å².